The molecule has 0 radical (unpaired) electrons. The number of hydrogen-bond donors (Lipinski definition) is 2. The summed E-state index contributed by atoms with van der Waals surface area (Å²) in [5.74, 6) is 0. The maximum absolute atomic E-state index is 11.3. The molecule has 0 bridgehead atoms. The average molecular weight is 244 g/mol. The van der Waals surface area contributed by atoms with Crippen LogP contribution in [-0.2, 0) is 0 Å². The molecule has 17 heavy (non-hydrogen) atoms. The van der Waals surface area contributed by atoms with Crippen molar-refractivity contribution >= 4 is 6.09 Å². The fourth-order valence-corrected chi connectivity index (χ4v) is 2.53. The highest BCUT2D eigenvalue weighted by Gasteiger charge is 2.34. The minimum absolute atomic E-state index is 0.0995. The molecule has 1 rings (SSSR count). The molecule has 0 aromatic heterocycles. The Morgan fingerprint density at radius 3 is 2.24 bits per heavy atom. The Balaban J connectivity index is 2.59. The second-order valence-electron chi connectivity index (χ2n) is 5.62. The highest BCUT2D eigenvalue weighted by atomic mass is 16.4. The number of hydrogen-bond acceptors (Lipinski definition) is 3. The number of rotatable bonds is 3. The van der Waals surface area contributed by atoms with E-state index in [4.69, 9.17) is 5.11 Å². The maximum Gasteiger partial charge on any atom is 0.407 e. The number of carbonyl (C=O) groups is 1. The van der Waals surface area contributed by atoms with Gasteiger partial charge in [0.15, 0.2) is 0 Å². The van der Waals surface area contributed by atoms with Crippen molar-refractivity contribution in [3.05, 3.63) is 0 Å². The standard InChI is InChI=1S/C12H24N2O3/c1-12(2,3)14(11(16)17)10-4-6-13(7-5-10)8-9-15/h10,15H,4-9H2,1-3H3,(H,16,17). The van der Waals surface area contributed by atoms with Crippen LogP contribution in [0.1, 0.15) is 33.6 Å². The molecular formula is C12H24N2O3. The molecule has 5 nitrogen and oxygen atoms in total. The Kier molecular flexibility index (Phi) is 4.77. The molecule has 0 unspecified atom stereocenters. The summed E-state index contributed by atoms with van der Waals surface area (Å²) in [5.41, 5.74) is -0.352. The Morgan fingerprint density at radius 1 is 1.35 bits per heavy atom. The van der Waals surface area contributed by atoms with Gasteiger partial charge in [-0.2, -0.15) is 0 Å². The first kappa shape index (κ1) is 14.3. The van der Waals surface area contributed by atoms with Crippen LogP contribution in [0, 0.1) is 0 Å². The molecule has 1 aliphatic rings. The first-order valence-corrected chi connectivity index (χ1v) is 6.21. The molecule has 1 aliphatic heterocycles. The van der Waals surface area contributed by atoms with Gasteiger partial charge >= 0.3 is 6.09 Å². The zero-order valence-corrected chi connectivity index (χ0v) is 11.0. The van der Waals surface area contributed by atoms with Crippen molar-refractivity contribution in [1.82, 2.24) is 9.80 Å². The van der Waals surface area contributed by atoms with Crippen molar-refractivity contribution in [3.63, 3.8) is 0 Å². The van der Waals surface area contributed by atoms with Gasteiger partial charge in [-0.3, -0.25) is 0 Å². The maximum atomic E-state index is 11.3. The first-order valence-electron chi connectivity index (χ1n) is 6.21. The molecule has 1 amide bonds. The molecule has 1 heterocycles. The predicted molar refractivity (Wildman–Crippen MR) is 66.2 cm³/mol. The van der Waals surface area contributed by atoms with E-state index in [2.05, 4.69) is 4.90 Å². The molecule has 100 valence electrons. The normalized spacial score (nSPS) is 19.3. The van der Waals surface area contributed by atoms with Crippen LogP contribution in [0.25, 0.3) is 0 Å². The van der Waals surface area contributed by atoms with Crippen molar-refractivity contribution < 1.29 is 15.0 Å². The predicted octanol–water partition coefficient (Wildman–Crippen LogP) is 1.22. The first-order chi connectivity index (χ1) is 7.86. The van der Waals surface area contributed by atoms with E-state index in [0.29, 0.717) is 6.54 Å². The summed E-state index contributed by atoms with van der Waals surface area (Å²) in [6, 6.07) is 0.0995. The van der Waals surface area contributed by atoms with Crippen molar-refractivity contribution in [1.29, 1.82) is 0 Å². The van der Waals surface area contributed by atoms with Crippen LogP contribution in [0.3, 0.4) is 0 Å². The lowest BCUT2D eigenvalue weighted by molar-refractivity contribution is 0.0392. The van der Waals surface area contributed by atoms with Crippen LogP contribution in [0.4, 0.5) is 4.79 Å². The Labute approximate surface area is 103 Å². The van der Waals surface area contributed by atoms with Gasteiger partial charge in [-0.1, -0.05) is 0 Å². The van der Waals surface area contributed by atoms with Crippen LogP contribution in [-0.4, -0.2) is 63.9 Å². The molecule has 0 atom stereocenters. The van der Waals surface area contributed by atoms with E-state index in [1.54, 1.807) is 4.90 Å². The largest absolute Gasteiger partial charge is 0.465 e. The molecule has 0 saturated carbocycles. The average Bonchev–Trinajstić information content (AvgIpc) is 2.18. The van der Waals surface area contributed by atoms with Crippen LogP contribution < -0.4 is 0 Å². The van der Waals surface area contributed by atoms with E-state index < -0.39 is 6.09 Å². The lowest BCUT2D eigenvalue weighted by Crippen LogP contribution is -2.54. The fourth-order valence-electron chi connectivity index (χ4n) is 2.53. The van der Waals surface area contributed by atoms with Gasteiger partial charge in [0.2, 0.25) is 0 Å². The smallest absolute Gasteiger partial charge is 0.407 e. The second kappa shape index (κ2) is 5.69. The fraction of sp³-hybridized carbons (Fsp3) is 0.917. The highest BCUT2D eigenvalue weighted by Crippen LogP contribution is 2.24. The van der Waals surface area contributed by atoms with Gasteiger partial charge in [-0.15, -0.1) is 0 Å². The van der Waals surface area contributed by atoms with E-state index in [-0.39, 0.29) is 18.2 Å². The minimum atomic E-state index is -0.835. The highest BCUT2D eigenvalue weighted by molar-refractivity contribution is 5.66. The van der Waals surface area contributed by atoms with Crippen LogP contribution in [0.15, 0.2) is 0 Å². The molecule has 0 aromatic rings. The third kappa shape index (κ3) is 3.85. The van der Waals surface area contributed by atoms with E-state index >= 15 is 0 Å². The Bertz CT molecular complexity index is 255. The molecule has 1 saturated heterocycles. The van der Waals surface area contributed by atoms with Crippen LogP contribution in [0.2, 0.25) is 0 Å². The molecule has 0 aromatic carbocycles. The lowest BCUT2D eigenvalue weighted by atomic mass is 9.97. The number of amides is 1. The topological polar surface area (TPSA) is 64.0 Å². The van der Waals surface area contributed by atoms with Gasteiger partial charge in [-0.25, -0.2) is 4.79 Å². The number of carboxylic acid groups (broad SMARTS) is 1. The number of likely N-dealkylation sites (tertiary alicyclic amines) is 1. The Hall–Kier alpha value is -0.810. The van der Waals surface area contributed by atoms with E-state index in [9.17, 15) is 9.90 Å². The summed E-state index contributed by atoms with van der Waals surface area (Å²) in [7, 11) is 0. The lowest BCUT2D eigenvalue weighted by Gasteiger charge is -2.43. The molecule has 0 aliphatic carbocycles. The molecule has 1 fully saturated rings. The van der Waals surface area contributed by atoms with Crippen molar-refractivity contribution in [2.75, 3.05) is 26.2 Å². The van der Waals surface area contributed by atoms with Crippen LogP contribution >= 0.6 is 0 Å². The molecule has 2 N–H and O–H groups in total. The quantitative estimate of drug-likeness (QED) is 0.783. The summed E-state index contributed by atoms with van der Waals surface area (Å²) in [6.07, 6.45) is 0.866. The summed E-state index contributed by atoms with van der Waals surface area (Å²) >= 11 is 0. The number of β-amino-alcohol motifs (C(OH)–C–C–N with tert-alkyl or cyclic N) is 1. The summed E-state index contributed by atoms with van der Waals surface area (Å²) in [4.78, 5) is 15.1. The van der Waals surface area contributed by atoms with Gasteiger partial charge in [0.1, 0.15) is 0 Å². The van der Waals surface area contributed by atoms with Crippen molar-refractivity contribution in [3.8, 4) is 0 Å². The van der Waals surface area contributed by atoms with E-state index in [0.717, 1.165) is 25.9 Å². The van der Waals surface area contributed by atoms with Gasteiger partial charge in [-0.05, 0) is 33.6 Å². The van der Waals surface area contributed by atoms with Crippen LogP contribution in [0.5, 0.6) is 0 Å². The Morgan fingerprint density at radius 2 is 1.88 bits per heavy atom. The van der Waals surface area contributed by atoms with Gasteiger partial charge in [0, 0.05) is 31.2 Å². The zero-order chi connectivity index (χ0) is 13.1. The number of aliphatic hydroxyl groups excluding tert-OH is 1. The number of aliphatic hydroxyl groups is 1. The monoisotopic (exact) mass is 244 g/mol. The SMILES string of the molecule is CC(C)(C)N(C(=O)O)C1CCN(CCO)CC1. The summed E-state index contributed by atoms with van der Waals surface area (Å²) in [5, 5.41) is 18.2. The van der Waals surface area contributed by atoms with E-state index in [1.165, 1.54) is 0 Å². The summed E-state index contributed by atoms with van der Waals surface area (Å²) < 4.78 is 0. The van der Waals surface area contributed by atoms with Gasteiger partial charge in [0.25, 0.3) is 0 Å². The third-order valence-electron chi connectivity index (χ3n) is 3.27. The molecular weight excluding hydrogens is 220 g/mol. The van der Waals surface area contributed by atoms with Gasteiger partial charge in [0.05, 0.1) is 6.61 Å². The van der Waals surface area contributed by atoms with Gasteiger partial charge < -0.3 is 20.0 Å². The van der Waals surface area contributed by atoms with E-state index in [1.807, 2.05) is 20.8 Å². The third-order valence-corrected chi connectivity index (χ3v) is 3.27. The minimum Gasteiger partial charge on any atom is -0.465 e. The molecule has 0 spiro atoms. The van der Waals surface area contributed by atoms with Crippen molar-refractivity contribution in [2.24, 2.45) is 0 Å². The number of nitrogens with zero attached hydrogens (tertiary/aromatic N) is 2. The van der Waals surface area contributed by atoms with Crippen molar-refractivity contribution in [2.45, 2.75) is 45.2 Å². The summed E-state index contributed by atoms with van der Waals surface area (Å²) in [6.45, 7) is 8.39. The molecule has 5 heteroatoms. The second-order valence-corrected chi connectivity index (χ2v) is 5.62. The zero-order valence-electron chi connectivity index (χ0n) is 11.0. The number of piperidine rings is 1.